The van der Waals surface area contributed by atoms with Crippen molar-refractivity contribution in [3.8, 4) is 5.88 Å². The number of benzene rings is 2. The highest BCUT2D eigenvalue weighted by Gasteiger charge is 2.17. The first-order valence-corrected chi connectivity index (χ1v) is 8.29. The van der Waals surface area contributed by atoms with Crippen LogP contribution in [0, 0.1) is 0 Å². The van der Waals surface area contributed by atoms with E-state index in [0.29, 0.717) is 5.56 Å². The molecule has 2 N–H and O–H groups in total. The topological polar surface area (TPSA) is 48.4 Å². The fraction of sp³-hybridized carbons (Fsp3) is 0.211. The second kappa shape index (κ2) is 5.85. The maximum atomic E-state index is 10.2. The number of aromatic amines is 1. The first-order chi connectivity index (χ1) is 10.9. The fourth-order valence-electron chi connectivity index (χ4n) is 2.66. The number of rotatable bonds is 2. The normalized spacial score (nSPS) is 12.3. The summed E-state index contributed by atoms with van der Waals surface area (Å²) < 4.78 is 0.966. The van der Waals surface area contributed by atoms with Crippen LogP contribution in [0.1, 0.15) is 31.9 Å². The molecule has 0 saturated carbocycles. The fourth-order valence-corrected chi connectivity index (χ4v) is 3.02. The average Bonchev–Trinajstić information content (AvgIpc) is 2.79. The molecule has 0 aliphatic heterocycles. The first kappa shape index (κ1) is 15.8. The minimum absolute atomic E-state index is 0.0131. The Hall–Kier alpha value is -2.07. The van der Waals surface area contributed by atoms with Crippen molar-refractivity contribution < 1.29 is 5.11 Å². The van der Waals surface area contributed by atoms with E-state index in [0.717, 1.165) is 21.1 Å². The van der Waals surface area contributed by atoms with Gasteiger partial charge in [-0.05, 0) is 35.2 Å². The van der Waals surface area contributed by atoms with Gasteiger partial charge in [0.1, 0.15) is 0 Å². The van der Waals surface area contributed by atoms with Crippen LogP contribution in [-0.2, 0) is 5.41 Å². The molecule has 1 heterocycles. The van der Waals surface area contributed by atoms with Crippen LogP contribution >= 0.6 is 15.9 Å². The van der Waals surface area contributed by atoms with Crippen molar-refractivity contribution in [3.63, 3.8) is 0 Å². The molecule has 1 aromatic heterocycles. The number of H-pyrrole nitrogens is 1. The molecule has 0 spiro atoms. The molecule has 0 atom stereocenters. The van der Waals surface area contributed by atoms with Gasteiger partial charge in [-0.3, -0.25) is 4.99 Å². The van der Waals surface area contributed by atoms with Crippen LogP contribution in [0.15, 0.2) is 51.9 Å². The van der Waals surface area contributed by atoms with Gasteiger partial charge in [-0.15, -0.1) is 0 Å². The lowest BCUT2D eigenvalue weighted by Gasteiger charge is -2.20. The number of halogens is 1. The molecule has 0 aliphatic rings. The Bertz CT molecular complexity index is 888. The van der Waals surface area contributed by atoms with Crippen molar-refractivity contribution in [3.05, 3.63) is 58.1 Å². The van der Waals surface area contributed by atoms with Crippen molar-refractivity contribution in [2.45, 2.75) is 26.2 Å². The van der Waals surface area contributed by atoms with E-state index in [4.69, 9.17) is 0 Å². The lowest BCUT2D eigenvalue weighted by molar-refractivity contribution is 0.457. The molecule has 0 unspecified atom stereocenters. The number of nitrogens with zero attached hydrogens (tertiary/aromatic N) is 1. The largest absolute Gasteiger partial charge is 0.494 e. The summed E-state index contributed by atoms with van der Waals surface area (Å²) in [6, 6.07) is 13.9. The highest BCUT2D eigenvalue weighted by atomic mass is 79.9. The van der Waals surface area contributed by atoms with Gasteiger partial charge < -0.3 is 10.1 Å². The summed E-state index contributed by atoms with van der Waals surface area (Å²) in [6.07, 6.45) is 1.73. The van der Waals surface area contributed by atoms with Crippen LogP contribution in [0.25, 0.3) is 10.9 Å². The maximum absolute atomic E-state index is 10.2. The average molecular weight is 371 g/mol. The standard InChI is InChI=1S/C19H19BrN2O/c1-19(2,3)15-6-4-5-7-17(15)21-11-14-13-10-12(20)8-9-16(13)22-18(14)23/h4-11,22-23H,1-3H3. The summed E-state index contributed by atoms with van der Waals surface area (Å²) in [5.74, 6) is 0.134. The van der Waals surface area contributed by atoms with E-state index in [1.54, 1.807) is 6.21 Å². The molecule has 0 radical (unpaired) electrons. The maximum Gasteiger partial charge on any atom is 0.198 e. The van der Waals surface area contributed by atoms with Crippen LogP contribution in [0.4, 0.5) is 5.69 Å². The zero-order valence-electron chi connectivity index (χ0n) is 13.4. The smallest absolute Gasteiger partial charge is 0.198 e. The monoisotopic (exact) mass is 370 g/mol. The number of hydrogen-bond donors (Lipinski definition) is 2. The molecular weight excluding hydrogens is 352 g/mol. The van der Waals surface area contributed by atoms with E-state index in [1.165, 1.54) is 5.56 Å². The Morgan fingerprint density at radius 2 is 1.87 bits per heavy atom. The minimum Gasteiger partial charge on any atom is -0.494 e. The zero-order valence-corrected chi connectivity index (χ0v) is 15.0. The van der Waals surface area contributed by atoms with Crippen LogP contribution in [-0.4, -0.2) is 16.3 Å². The summed E-state index contributed by atoms with van der Waals surface area (Å²) in [5, 5.41) is 11.1. The molecule has 0 aliphatic carbocycles. The van der Waals surface area contributed by atoms with Crippen molar-refractivity contribution >= 4 is 38.7 Å². The lowest BCUT2D eigenvalue weighted by Crippen LogP contribution is -2.11. The number of aromatic hydroxyl groups is 1. The number of aromatic nitrogens is 1. The third-order valence-electron chi connectivity index (χ3n) is 3.82. The molecule has 3 rings (SSSR count). The molecular formula is C19H19BrN2O. The van der Waals surface area contributed by atoms with Crippen molar-refractivity contribution in [2.75, 3.05) is 0 Å². The Morgan fingerprint density at radius 1 is 1.13 bits per heavy atom. The van der Waals surface area contributed by atoms with Crippen molar-refractivity contribution in [2.24, 2.45) is 4.99 Å². The van der Waals surface area contributed by atoms with Gasteiger partial charge in [0.15, 0.2) is 5.88 Å². The van der Waals surface area contributed by atoms with Gasteiger partial charge >= 0.3 is 0 Å². The third-order valence-corrected chi connectivity index (χ3v) is 4.32. The predicted molar refractivity (Wildman–Crippen MR) is 100 cm³/mol. The molecule has 3 aromatic rings. The first-order valence-electron chi connectivity index (χ1n) is 7.50. The number of fused-ring (bicyclic) bond motifs is 1. The summed E-state index contributed by atoms with van der Waals surface area (Å²) in [4.78, 5) is 7.61. The van der Waals surface area contributed by atoms with E-state index in [9.17, 15) is 5.11 Å². The van der Waals surface area contributed by atoms with Crippen LogP contribution in [0.3, 0.4) is 0 Å². The van der Waals surface area contributed by atoms with Crippen LogP contribution < -0.4 is 0 Å². The summed E-state index contributed by atoms with van der Waals surface area (Å²) in [5.41, 5.74) is 3.70. The van der Waals surface area contributed by atoms with Crippen molar-refractivity contribution in [1.82, 2.24) is 4.98 Å². The van der Waals surface area contributed by atoms with Gasteiger partial charge in [-0.1, -0.05) is 54.9 Å². The lowest BCUT2D eigenvalue weighted by atomic mass is 9.86. The van der Waals surface area contributed by atoms with Gasteiger partial charge in [-0.2, -0.15) is 0 Å². The molecule has 23 heavy (non-hydrogen) atoms. The van der Waals surface area contributed by atoms with Crippen molar-refractivity contribution in [1.29, 1.82) is 0 Å². The van der Waals surface area contributed by atoms with Gasteiger partial charge in [0.05, 0.1) is 11.3 Å². The Balaban J connectivity index is 2.08. The van der Waals surface area contributed by atoms with E-state index < -0.39 is 0 Å². The third kappa shape index (κ3) is 3.17. The number of para-hydroxylation sites is 1. The molecule has 0 fully saturated rings. The number of aliphatic imine (C=N–C) groups is 1. The molecule has 4 heteroatoms. The second-order valence-electron chi connectivity index (χ2n) is 6.60. The molecule has 0 amide bonds. The highest BCUT2D eigenvalue weighted by Crippen LogP contribution is 2.32. The zero-order chi connectivity index (χ0) is 16.6. The SMILES string of the molecule is CC(C)(C)c1ccccc1N=Cc1c(O)[nH]c2ccc(Br)cc12. The van der Waals surface area contributed by atoms with Crippen LogP contribution in [0.5, 0.6) is 5.88 Å². The molecule has 2 aromatic carbocycles. The van der Waals surface area contributed by atoms with Gasteiger partial charge in [-0.25, -0.2) is 0 Å². The van der Waals surface area contributed by atoms with Gasteiger partial charge in [0.25, 0.3) is 0 Å². The highest BCUT2D eigenvalue weighted by molar-refractivity contribution is 9.10. The summed E-state index contributed by atoms with van der Waals surface area (Å²) in [7, 11) is 0. The van der Waals surface area contributed by atoms with E-state index >= 15 is 0 Å². The van der Waals surface area contributed by atoms with Crippen LogP contribution in [0.2, 0.25) is 0 Å². The van der Waals surface area contributed by atoms with Gasteiger partial charge in [0, 0.05) is 21.6 Å². The quantitative estimate of drug-likeness (QED) is 0.559. The van der Waals surface area contributed by atoms with Gasteiger partial charge in [0.2, 0.25) is 0 Å². The Morgan fingerprint density at radius 3 is 2.61 bits per heavy atom. The molecule has 118 valence electrons. The minimum atomic E-state index is 0.0131. The molecule has 3 nitrogen and oxygen atoms in total. The Kier molecular flexibility index (Phi) is 4.02. The number of nitrogens with one attached hydrogen (secondary N) is 1. The summed E-state index contributed by atoms with van der Waals surface area (Å²) in [6.45, 7) is 6.50. The number of hydrogen-bond acceptors (Lipinski definition) is 2. The van der Waals surface area contributed by atoms with E-state index in [1.807, 2.05) is 36.4 Å². The summed E-state index contributed by atoms with van der Waals surface area (Å²) >= 11 is 3.47. The molecule has 0 bridgehead atoms. The molecule has 0 saturated heterocycles. The van der Waals surface area contributed by atoms with E-state index in [-0.39, 0.29) is 11.3 Å². The second-order valence-corrected chi connectivity index (χ2v) is 7.52. The van der Waals surface area contributed by atoms with E-state index in [2.05, 4.69) is 52.7 Å². The predicted octanol–water partition coefficient (Wildman–Crippen LogP) is 5.68. The Labute approximate surface area is 144 Å².